The predicted octanol–water partition coefficient (Wildman–Crippen LogP) is 2.33. The third kappa shape index (κ3) is 2.86. The van der Waals surface area contributed by atoms with Gasteiger partial charge in [-0.05, 0) is 32.2 Å². The fourth-order valence-electron chi connectivity index (χ4n) is 1.73. The maximum absolute atomic E-state index is 8.93. The third-order valence-corrected chi connectivity index (χ3v) is 2.69. The largest absolute Gasteiger partial charge is 0.284 e. The van der Waals surface area contributed by atoms with Gasteiger partial charge in [0, 0.05) is 6.54 Å². The van der Waals surface area contributed by atoms with Crippen LogP contribution in [0.2, 0.25) is 0 Å². The van der Waals surface area contributed by atoms with Crippen molar-refractivity contribution < 1.29 is 0 Å². The Morgan fingerprint density at radius 2 is 2.38 bits per heavy atom. The van der Waals surface area contributed by atoms with Crippen molar-refractivity contribution >= 4 is 0 Å². The van der Waals surface area contributed by atoms with Crippen molar-refractivity contribution in [2.24, 2.45) is 0 Å². The molecule has 1 rings (SSSR count). The molecule has 1 atom stereocenters. The predicted molar refractivity (Wildman–Crippen MR) is 54.3 cm³/mol. The van der Waals surface area contributed by atoms with Crippen molar-refractivity contribution in [3.8, 4) is 6.07 Å². The van der Waals surface area contributed by atoms with Gasteiger partial charge in [-0.2, -0.15) is 5.26 Å². The van der Waals surface area contributed by atoms with Crippen LogP contribution in [0.3, 0.4) is 0 Å². The number of hydrogen-bond acceptors (Lipinski definition) is 2. The molecule has 1 aliphatic heterocycles. The molecule has 0 aromatic carbocycles. The Morgan fingerprint density at radius 3 is 3.00 bits per heavy atom. The smallest absolute Gasteiger partial charge is 0.0980 e. The minimum atomic E-state index is 0.136. The second-order valence-electron chi connectivity index (χ2n) is 3.71. The van der Waals surface area contributed by atoms with Gasteiger partial charge in [-0.25, -0.2) is 0 Å². The fraction of sp³-hybridized carbons (Fsp3) is 0.727. The van der Waals surface area contributed by atoms with Crippen molar-refractivity contribution in [1.29, 1.82) is 5.26 Å². The Bertz CT molecular complexity index is 215. The normalized spacial score (nSPS) is 23.8. The van der Waals surface area contributed by atoms with Gasteiger partial charge in [-0.1, -0.05) is 19.1 Å². The number of hydrogen-bond donors (Lipinski definition) is 0. The summed E-state index contributed by atoms with van der Waals surface area (Å²) in [5.41, 5.74) is 1.24. The first kappa shape index (κ1) is 10.3. The van der Waals surface area contributed by atoms with Crippen molar-refractivity contribution in [2.75, 3.05) is 13.1 Å². The van der Waals surface area contributed by atoms with Crippen molar-refractivity contribution in [3.63, 3.8) is 0 Å². The molecule has 0 N–H and O–H groups in total. The molecule has 2 heteroatoms. The van der Waals surface area contributed by atoms with E-state index < -0.39 is 0 Å². The Morgan fingerprint density at radius 1 is 1.62 bits per heavy atom. The molecule has 0 aliphatic carbocycles. The number of nitrogens with zero attached hydrogens (tertiary/aromatic N) is 2. The lowest BCUT2D eigenvalue weighted by molar-refractivity contribution is 0.199. The first-order valence-corrected chi connectivity index (χ1v) is 5.08. The highest BCUT2D eigenvalue weighted by Gasteiger charge is 2.21. The molecule has 0 amide bonds. The second-order valence-corrected chi connectivity index (χ2v) is 3.71. The lowest BCUT2D eigenvalue weighted by atomic mass is 10.0. The van der Waals surface area contributed by atoms with Gasteiger partial charge in [0.2, 0.25) is 0 Å². The molecule has 1 heterocycles. The molecule has 1 fully saturated rings. The molecule has 13 heavy (non-hydrogen) atoms. The third-order valence-electron chi connectivity index (χ3n) is 2.69. The summed E-state index contributed by atoms with van der Waals surface area (Å²) in [7, 11) is 0. The van der Waals surface area contributed by atoms with E-state index >= 15 is 0 Å². The lowest BCUT2D eigenvalue weighted by Gasteiger charge is -2.31. The Labute approximate surface area is 80.8 Å². The van der Waals surface area contributed by atoms with E-state index in [1.807, 2.05) is 0 Å². The van der Waals surface area contributed by atoms with E-state index in [0.29, 0.717) is 0 Å². The topological polar surface area (TPSA) is 27.0 Å². The molecule has 0 saturated carbocycles. The Kier molecular flexibility index (Phi) is 3.98. The minimum absolute atomic E-state index is 0.136. The molecular formula is C11H18N2. The summed E-state index contributed by atoms with van der Waals surface area (Å²) in [6.07, 6.45) is 4.49. The van der Waals surface area contributed by atoms with Crippen molar-refractivity contribution in [3.05, 3.63) is 12.2 Å². The van der Waals surface area contributed by atoms with E-state index in [4.69, 9.17) is 5.26 Å². The first-order chi connectivity index (χ1) is 6.27. The molecule has 0 aromatic rings. The molecule has 72 valence electrons. The summed E-state index contributed by atoms with van der Waals surface area (Å²) in [6.45, 7) is 8.08. The summed E-state index contributed by atoms with van der Waals surface area (Å²) in [5.74, 6) is 0. The van der Waals surface area contributed by atoms with Crippen LogP contribution in [0.25, 0.3) is 0 Å². The number of likely N-dealkylation sites (tertiary alicyclic amines) is 1. The van der Waals surface area contributed by atoms with Gasteiger partial charge in [0.15, 0.2) is 0 Å². The lowest BCUT2D eigenvalue weighted by Crippen LogP contribution is -2.39. The van der Waals surface area contributed by atoms with Crippen LogP contribution in [0.4, 0.5) is 0 Å². The Hall–Kier alpha value is -0.810. The first-order valence-electron chi connectivity index (χ1n) is 5.08. The summed E-state index contributed by atoms with van der Waals surface area (Å²) in [5, 5.41) is 8.93. The van der Waals surface area contributed by atoms with E-state index in [-0.39, 0.29) is 6.04 Å². The molecule has 2 nitrogen and oxygen atoms in total. The van der Waals surface area contributed by atoms with Gasteiger partial charge < -0.3 is 0 Å². The quantitative estimate of drug-likeness (QED) is 0.620. The van der Waals surface area contributed by atoms with Crippen molar-refractivity contribution in [2.45, 2.75) is 38.6 Å². The average molecular weight is 178 g/mol. The maximum Gasteiger partial charge on any atom is 0.0980 e. The summed E-state index contributed by atoms with van der Waals surface area (Å²) < 4.78 is 0. The van der Waals surface area contributed by atoms with Crippen LogP contribution in [0.1, 0.15) is 32.6 Å². The van der Waals surface area contributed by atoms with Crippen LogP contribution < -0.4 is 0 Å². The Balaban J connectivity index is 2.46. The number of nitriles is 1. The van der Waals surface area contributed by atoms with E-state index in [0.717, 1.165) is 25.9 Å². The highest BCUT2D eigenvalue weighted by Crippen LogP contribution is 2.17. The minimum Gasteiger partial charge on any atom is -0.284 e. The van der Waals surface area contributed by atoms with Gasteiger partial charge in [0.25, 0.3) is 0 Å². The number of rotatable bonds is 3. The fourth-order valence-corrected chi connectivity index (χ4v) is 1.73. The summed E-state index contributed by atoms with van der Waals surface area (Å²) >= 11 is 0. The van der Waals surface area contributed by atoms with E-state index in [9.17, 15) is 0 Å². The van der Waals surface area contributed by atoms with Crippen LogP contribution in [-0.2, 0) is 0 Å². The zero-order valence-electron chi connectivity index (χ0n) is 8.42. The zero-order chi connectivity index (χ0) is 9.68. The SMILES string of the molecule is C=C(CC)CN1CCCCC1C#N. The molecule has 1 aliphatic rings. The maximum atomic E-state index is 8.93. The molecule has 0 bridgehead atoms. The summed E-state index contributed by atoms with van der Waals surface area (Å²) in [4.78, 5) is 2.26. The summed E-state index contributed by atoms with van der Waals surface area (Å²) in [6, 6.07) is 2.50. The van der Waals surface area contributed by atoms with E-state index in [2.05, 4.69) is 24.5 Å². The molecule has 0 aromatic heterocycles. The van der Waals surface area contributed by atoms with Crippen LogP contribution in [0.15, 0.2) is 12.2 Å². The van der Waals surface area contributed by atoms with Crippen molar-refractivity contribution in [1.82, 2.24) is 4.90 Å². The van der Waals surface area contributed by atoms with Gasteiger partial charge in [0.1, 0.15) is 0 Å². The molecule has 0 radical (unpaired) electrons. The average Bonchev–Trinajstić information content (AvgIpc) is 2.18. The monoisotopic (exact) mass is 178 g/mol. The van der Waals surface area contributed by atoms with Gasteiger partial charge in [-0.15, -0.1) is 0 Å². The molecule has 1 unspecified atom stereocenters. The number of piperidine rings is 1. The van der Waals surface area contributed by atoms with E-state index in [1.54, 1.807) is 0 Å². The highest BCUT2D eigenvalue weighted by atomic mass is 15.2. The highest BCUT2D eigenvalue weighted by molar-refractivity contribution is 5.02. The van der Waals surface area contributed by atoms with Gasteiger partial charge in [0.05, 0.1) is 12.1 Å². The molecule has 1 saturated heterocycles. The van der Waals surface area contributed by atoms with E-state index in [1.165, 1.54) is 18.4 Å². The second kappa shape index (κ2) is 5.04. The van der Waals surface area contributed by atoms with Crippen LogP contribution in [-0.4, -0.2) is 24.0 Å². The molecular weight excluding hydrogens is 160 g/mol. The van der Waals surface area contributed by atoms with Gasteiger partial charge in [-0.3, -0.25) is 4.90 Å². The van der Waals surface area contributed by atoms with Gasteiger partial charge >= 0.3 is 0 Å². The van der Waals surface area contributed by atoms with Crippen LogP contribution in [0, 0.1) is 11.3 Å². The van der Waals surface area contributed by atoms with Crippen LogP contribution >= 0.6 is 0 Å². The zero-order valence-corrected chi connectivity index (χ0v) is 8.42. The standard InChI is InChI=1S/C11H18N2/c1-3-10(2)9-13-7-5-4-6-11(13)8-12/h11H,2-7,9H2,1H3. The van der Waals surface area contributed by atoms with Crippen LogP contribution in [0.5, 0.6) is 0 Å². The molecule has 0 spiro atoms.